The minimum atomic E-state index is 0. The van der Waals surface area contributed by atoms with Crippen LogP contribution in [-0.4, -0.2) is 25.8 Å². The fourth-order valence-corrected chi connectivity index (χ4v) is 2.98. The molecular formula is C17H22IN3O2S. The molecular weight excluding hydrogens is 437 g/mol. The van der Waals surface area contributed by atoms with E-state index in [2.05, 4.69) is 45.4 Å². The molecule has 130 valence electrons. The van der Waals surface area contributed by atoms with Crippen LogP contribution in [0, 0.1) is 0 Å². The third-order valence-electron chi connectivity index (χ3n) is 3.49. The van der Waals surface area contributed by atoms with Crippen molar-refractivity contribution in [3.05, 3.63) is 46.2 Å². The number of nitrogens with zero attached hydrogens (tertiary/aromatic N) is 1. The molecule has 2 heterocycles. The number of hydrogen-bond acceptors (Lipinski definition) is 4. The molecule has 0 atom stereocenters. The number of fused-ring (bicyclic) bond motifs is 1. The molecule has 0 radical (unpaired) electrons. The largest absolute Gasteiger partial charge is 0.454 e. The van der Waals surface area contributed by atoms with Crippen LogP contribution in [-0.2, 0) is 13.0 Å². The summed E-state index contributed by atoms with van der Waals surface area (Å²) < 4.78 is 10.7. The summed E-state index contributed by atoms with van der Waals surface area (Å²) in [4.78, 5) is 4.60. The summed E-state index contributed by atoms with van der Waals surface area (Å²) >= 11 is 1.70. The zero-order valence-electron chi connectivity index (χ0n) is 13.6. The van der Waals surface area contributed by atoms with E-state index in [9.17, 15) is 0 Å². The summed E-state index contributed by atoms with van der Waals surface area (Å²) in [5.41, 5.74) is 2.46. The predicted octanol–water partition coefficient (Wildman–Crippen LogP) is 3.39. The summed E-state index contributed by atoms with van der Waals surface area (Å²) in [5.74, 6) is 2.51. The highest BCUT2D eigenvalue weighted by molar-refractivity contribution is 14.0. The Labute approximate surface area is 163 Å². The van der Waals surface area contributed by atoms with Crippen LogP contribution in [0.25, 0.3) is 0 Å². The standard InChI is InChI=1S/C17H21N3O2S.HI/c1-2-18-17(20-10-14-6-8-23-11-14)19-7-5-13-3-4-15-16(9-13)22-12-21-15;/h3-4,6,8-9,11H,2,5,7,10,12H2,1H3,(H2,18,19,20);1H. The second-order valence-electron chi connectivity index (χ2n) is 5.19. The zero-order valence-corrected chi connectivity index (χ0v) is 16.7. The molecule has 24 heavy (non-hydrogen) atoms. The third kappa shape index (κ3) is 5.27. The van der Waals surface area contributed by atoms with Crippen molar-refractivity contribution in [1.29, 1.82) is 0 Å². The molecule has 0 spiro atoms. The van der Waals surface area contributed by atoms with Crippen LogP contribution < -0.4 is 20.1 Å². The van der Waals surface area contributed by atoms with Crippen molar-refractivity contribution in [3.63, 3.8) is 0 Å². The lowest BCUT2D eigenvalue weighted by Crippen LogP contribution is -2.38. The number of nitrogens with one attached hydrogen (secondary N) is 2. The lowest BCUT2D eigenvalue weighted by molar-refractivity contribution is 0.174. The summed E-state index contributed by atoms with van der Waals surface area (Å²) in [5, 5.41) is 10.8. The maximum Gasteiger partial charge on any atom is 0.231 e. The van der Waals surface area contributed by atoms with E-state index in [0.717, 1.165) is 37.0 Å². The van der Waals surface area contributed by atoms with E-state index in [4.69, 9.17) is 9.47 Å². The first-order valence-corrected chi connectivity index (χ1v) is 8.71. The molecule has 1 aromatic heterocycles. The van der Waals surface area contributed by atoms with Gasteiger partial charge in [-0.1, -0.05) is 6.07 Å². The SMILES string of the molecule is CCNC(=NCc1ccsc1)NCCc1ccc2c(c1)OCO2.I. The average molecular weight is 459 g/mol. The van der Waals surface area contributed by atoms with Crippen LogP contribution >= 0.6 is 35.3 Å². The Morgan fingerprint density at radius 2 is 2.04 bits per heavy atom. The van der Waals surface area contributed by atoms with E-state index in [1.165, 1.54) is 11.1 Å². The molecule has 1 aromatic carbocycles. The van der Waals surface area contributed by atoms with Crippen molar-refractivity contribution < 1.29 is 9.47 Å². The van der Waals surface area contributed by atoms with Gasteiger partial charge in [-0.15, -0.1) is 24.0 Å². The Morgan fingerprint density at radius 3 is 2.83 bits per heavy atom. The number of ether oxygens (including phenoxy) is 2. The van der Waals surface area contributed by atoms with Gasteiger partial charge < -0.3 is 20.1 Å². The van der Waals surface area contributed by atoms with Gasteiger partial charge in [-0.3, -0.25) is 0 Å². The number of hydrogen-bond donors (Lipinski definition) is 2. The second kappa shape index (κ2) is 9.73. The minimum absolute atomic E-state index is 0. The zero-order chi connectivity index (χ0) is 15.9. The first kappa shape index (κ1) is 18.9. The minimum Gasteiger partial charge on any atom is -0.454 e. The van der Waals surface area contributed by atoms with Gasteiger partial charge in [0.15, 0.2) is 17.5 Å². The van der Waals surface area contributed by atoms with E-state index in [-0.39, 0.29) is 24.0 Å². The topological polar surface area (TPSA) is 54.9 Å². The van der Waals surface area contributed by atoms with Gasteiger partial charge in [0.1, 0.15) is 0 Å². The normalized spacial score (nSPS) is 12.6. The van der Waals surface area contributed by atoms with E-state index >= 15 is 0 Å². The maximum atomic E-state index is 5.41. The molecule has 0 saturated heterocycles. The number of thiophene rings is 1. The molecule has 2 N–H and O–H groups in total. The Morgan fingerprint density at radius 1 is 1.17 bits per heavy atom. The van der Waals surface area contributed by atoms with Crippen LogP contribution in [0.15, 0.2) is 40.0 Å². The quantitative estimate of drug-likeness (QED) is 0.395. The summed E-state index contributed by atoms with van der Waals surface area (Å²) in [6, 6.07) is 8.18. The third-order valence-corrected chi connectivity index (χ3v) is 4.22. The van der Waals surface area contributed by atoms with Crippen LogP contribution in [0.3, 0.4) is 0 Å². The van der Waals surface area contributed by atoms with Crippen molar-refractivity contribution >= 4 is 41.3 Å². The van der Waals surface area contributed by atoms with E-state index in [1.807, 2.05) is 12.1 Å². The van der Waals surface area contributed by atoms with Crippen molar-refractivity contribution in [2.24, 2.45) is 4.99 Å². The fourth-order valence-electron chi connectivity index (χ4n) is 2.32. The Hall–Kier alpha value is -1.48. The molecule has 5 nitrogen and oxygen atoms in total. The Bertz CT molecular complexity index is 662. The van der Waals surface area contributed by atoms with Crippen LogP contribution in [0.4, 0.5) is 0 Å². The average Bonchev–Trinajstić information content (AvgIpc) is 3.23. The lowest BCUT2D eigenvalue weighted by atomic mass is 10.1. The molecule has 2 aromatic rings. The molecule has 3 rings (SSSR count). The van der Waals surface area contributed by atoms with Crippen LogP contribution in [0.5, 0.6) is 11.5 Å². The number of benzene rings is 1. The van der Waals surface area contributed by atoms with Gasteiger partial charge >= 0.3 is 0 Å². The Balaban J connectivity index is 0.00000208. The predicted molar refractivity (Wildman–Crippen MR) is 109 cm³/mol. The molecule has 0 fully saturated rings. The summed E-state index contributed by atoms with van der Waals surface area (Å²) in [6.07, 6.45) is 0.902. The van der Waals surface area contributed by atoms with E-state index < -0.39 is 0 Å². The summed E-state index contributed by atoms with van der Waals surface area (Å²) in [7, 11) is 0. The molecule has 0 aliphatic carbocycles. The smallest absolute Gasteiger partial charge is 0.231 e. The number of aliphatic imine (C=N–C) groups is 1. The van der Waals surface area contributed by atoms with Gasteiger partial charge in [-0.25, -0.2) is 4.99 Å². The molecule has 0 saturated carbocycles. The van der Waals surface area contributed by atoms with E-state index in [1.54, 1.807) is 11.3 Å². The van der Waals surface area contributed by atoms with Gasteiger partial charge in [0.25, 0.3) is 0 Å². The first-order valence-electron chi connectivity index (χ1n) is 7.77. The van der Waals surface area contributed by atoms with Crippen molar-refractivity contribution in [3.8, 4) is 11.5 Å². The van der Waals surface area contributed by atoms with Crippen molar-refractivity contribution in [2.45, 2.75) is 19.9 Å². The number of halogens is 1. The van der Waals surface area contributed by atoms with Gasteiger partial charge in [-0.2, -0.15) is 11.3 Å². The van der Waals surface area contributed by atoms with Crippen molar-refractivity contribution in [2.75, 3.05) is 19.9 Å². The molecule has 7 heteroatoms. The van der Waals surface area contributed by atoms with Crippen LogP contribution in [0.2, 0.25) is 0 Å². The van der Waals surface area contributed by atoms with Gasteiger partial charge in [-0.05, 0) is 53.4 Å². The summed E-state index contributed by atoms with van der Waals surface area (Å²) in [6.45, 7) is 4.74. The first-order chi connectivity index (χ1) is 11.3. The monoisotopic (exact) mass is 459 g/mol. The fraction of sp³-hybridized carbons (Fsp3) is 0.353. The highest BCUT2D eigenvalue weighted by Gasteiger charge is 2.12. The van der Waals surface area contributed by atoms with Crippen molar-refractivity contribution in [1.82, 2.24) is 10.6 Å². The van der Waals surface area contributed by atoms with Gasteiger partial charge in [0.05, 0.1) is 6.54 Å². The molecule has 0 unspecified atom stereocenters. The maximum absolute atomic E-state index is 5.41. The lowest BCUT2D eigenvalue weighted by Gasteiger charge is -2.11. The molecule has 0 bridgehead atoms. The number of rotatable bonds is 6. The van der Waals surface area contributed by atoms with Gasteiger partial charge in [0, 0.05) is 13.1 Å². The van der Waals surface area contributed by atoms with Gasteiger partial charge in [0.2, 0.25) is 6.79 Å². The molecule has 1 aliphatic heterocycles. The highest BCUT2D eigenvalue weighted by atomic mass is 127. The van der Waals surface area contributed by atoms with Crippen LogP contribution in [0.1, 0.15) is 18.1 Å². The molecule has 0 amide bonds. The highest BCUT2D eigenvalue weighted by Crippen LogP contribution is 2.32. The Kier molecular flexibility index (Phi) is 7.64. The molecule has 1 aliphatic rings. The number of guanidine groups is 1. The van der Waals surface area contributed by atoms with E-state index in [0.29, 0.717) is 13.3 Å². The second-order valence-corrected chi connectivity index (χ2v) is 5.97.